The van der Waals surface area contributed by atoms with Crippen molar-refractivity contribution in [3.8, 4) is 0 Å². The van der Waals surface area contributed by atoms with E-state index in [2.05, 4.69) is 4.90 Å². The first-order valence-corrected chi connectivity index (χ1v) is 8.43. The zero-order valence-electron chi connectivity index (χ0n) is 11.5. The maximum Gasteiger partial charge on any atom is 0.156 e. The summed E-state index contributed by atoms with van der Waals surface area (Å²) in [6.07, 6.45) is 2.06. The van der Waals surface area contributed by atoms with Gasteiger partial charge in [-0.2, -0.15) is 0 Å². The highest BCUT2D eigenvalue weighted by molar-refractivity contribution is 7.92. The summed E-state index contributed by atoms with van der Waals surface area (Å²) in [4.78, 5) is 2.72. The zero-order chi connectivity index (χ0) is 14.0. The molecule has 1 fully saturated rings. The molecule has 1 heterocycles. The van der Waals surface area contributed by atoms with E-state index in [1.165, 1.54) is 0 Å². The lowest BCUT2D eigenvalue weighted by atomic mass is 9.98. The van der Waals surface area contributed by atoms with Crippen LogP contribution in [-0.4, -0.2) is 48.4 Å². The monoisotopic (exact) mass is 292 g/mol. The predicted octanol–water partition coefficient (Wildman–Crippen LogP) is 1.20. The molecule has 1 saturated heterocycles. The van der Waals surface area contributed by atoms with Crippen LogP contribution in [0.4, 0.5) is 0 Å². The molecule has 0 aromatic rings. The summed E-state index contributed by atoms with van der Waals surface area (Å²) in [7, 11) is -3.04. The van der Waals surface area contributed by atoms with Gasteiger partial charge in [-0.1, -0.05) is 12.2 Å². The van der Waals surface area contributed by atoms with E-state index in [9.17, 15) is 8.42 Å². The fraction of sp³-hybridized carbons (Fsp3) is 0.917. The van der Waals surface area contributed by atoms with Crippen LogP contribution in [0.3, 0.4) is 0 Å². The van der Waals surface area contributed by atoms with Crippen LogP contribution < -0.4 is 5.73 Å². The van der Waals surface area contributed by atoms with Gasteiger partial charge in [-0.15, -0.1) is 0 Å². The summed E-state index contributed by atoms with van der Waals surface area (Å²) >= 11 is 5.02. The molecule has 0 bridgehead atoms. The van der Waals surface area contributed by atoms with Gasteiger partial charge in [-0.25, -0.2) is 8.42 Å². The Morgan fingerprint density at radius 2 is 2.06 bits per heavy atom. The third kappa shape index (κ3) is 4.17. The summed E-state index contributed by atoms with van der Waals surface area (Å²) < 4.78 is 23.4. The molecule has 1 aliphatic rings. The number of nitrogens with zero attached hydrogens (tertiary/aromatic N) is 1. The Hall–Kier alpha value is -0.200. The van der Waals surface area contributed by atoms with Crippen LogP contribution in [0.15, 0.2) is 0 Å². The summed E-state index contributed by atoms with van der Waals surface area (Å²) in [6.45, 7) is 7.57. The molecule has 0 radical (unpaired) electrons. The van der Waals surface area contributed by atoms with Crippen molar-refractivity contribution in [3.63, 3.8) is 0 Å². The molecule has 4 nitrogen and oxygen atoms in total. The molecule has 0 aliphatic carbocycles. The average molecular weight is 292 g/mol. The molecule has 1 aliphatic heterocycles. The minimum atomic E-state index is -3.04. The normalized spacial score (nSPS) is 22.9. The van der Waals surface area contributed by atoms with Crippen LogP contribution in [0, 0.1) is 5.92 Å². The molecule has 1 atom stereocenters. The molecule has 1 unspecified atom stereocenters. The van der Waals surface area contributed by atoms with Crippen LogP contribution in [0.25, 0.3) is 0 Å². The number of piperidine rings is 1. The lowest BCUT2D eigenvalue weighted by molar-refractivity contribution is 0.215. The number of hydrogen-bond acceptors (Lipinski definition) is 4. The molecule has 6 heteroatoms. The zero-order valence-corrected chi connectivity index (χ0v) is 13.1. The molecule has 106 valence electrons. The van der Waals surface area contributed by atoms with Gasteiger partial charge < -0.3 is 10.6 Å². The van der Waals surface area contributed by atoms with Crippen molar-refractivity contribution in [1.82, 2.24) is 4.90 Å². The maximum absolute atomic E-state index is 12.0. The van der Waals surface area contributed by atoms with Gasteiger partial charge in [-0.3, -0.25) is 0 Å². The molecule has 0 saturated carbocycles. The average Bonchev–Trinajstić information content (AvgIpc) is 2.25. The first-order valence-electron chi connectivity index (χ1n) is 6.37. The van der Waals surface area contributed by atoms with Gasteiger partial charge in [0.25, 0.3) is 0 Å². The molecule has 2 N–H and O–H groups in total. The van der Waals surface area contributed by atoms with Gasteiger partial charge in [0.15, 0.2) is 9.84 Å². The standard InChI is InChI=1S/C12H24N2O2S2/c1-12(2,3)18(15,16)8-7-14-6-4-5-10(9-14)11(13)17/h10H,4-9H2,1-3H3,(H2,13,17). The third-order valence-electron chi connectivity index (χ3n) is 3.52. The minimum Gasteiger partial charge on any atom is -0.393 e. The fourth-order valence-electron chi connectivity index (χ4n) is 2.05. The number of sulfone groups is 1. The van der Waals surface area contributed by atoms with Gasteiger partial charge >= 0.3 is 0 Å². The Morgan fingerprint density at radius 1 is 1.44 bits per heavy atom. The Labute approximate surface area is 116 Å². The number of hydrogen-bond donors (Lipinski definition) is 1. The van der Waals surface area contributed by atoms with E-state index in [1.54, 1.807) is 20.8 Å². The van der Waals surface area contributed by atoms with Gasteiger partial charge in [0, 0.05) is 19.0 Å². The van der Waals surface area contributed by atoms with Crippen LogP contribution in [0.5, 0.6) is 0 Å². The summed E-state index contributed by atoms with van der Waals surface area (Å²) in [5.74, 6) is 0.451. The fourth-order valence-corrected chi connectivity index (χ4v) is 3.35. The largest absolute Gasteiger partial charge is 0.393 e. The molecule has 18 heavy (non-hydrogen) atoms. The van der Waals surface area contributed by atoms with Gasteiger partial charge in [0.05, 0.1) is 15.5 Å². The van der Waals surface area contributed by atoms with E-state index in [1.807, 2.05) is 0 Å². The number of thiocarbonyl (C=S) groups is 1. The molecular weight excluding hydrogens is 268 g/mol. The van der Waals surface area contributed by atoms with E-state index in [0.717, 1.165) is 25.9 Å². The molecule has 1 rings (SSSR count). The van der Waals surface area contributed by atoms with Crippen molar-refractivity contribution >= 4 is 27.0 Å². The first kappa shape index (κ1) is 15.9. The molecular formula is C12H24N2O2S2. The van der Waals surface area contributed by atoms with Crippen molar-refractivity contribution < 1.29 is 8.42 Å². The van der Waals surface area contributed by atoms with Crippen molar-refractivity contribution in [2.45, 2.75) is 38.4 Å². The van der Waals surface area contributed by atoms with E-state index in [0.29, 0.717) is 11.5 Å². The first-order chi connectivity index (χ1) is 8.13. The van der Waals surface area contributed by atoms with E-state index in [4.69, 9.17) is 18.0 Å². The van der Waals surface area contributed by atoms with E-state index >= 15 is 0 Å². The van der Waals surface area contributed by atoms with Crippen LogP contribution in [0.1, 0.15) is 33.6 Å². The smallest absolute Gasteiger partial charge is 0.156 e. The van der Waals surface area contributed by atoms with Crippen molar-refractivity contribution in [2.75, 3.05) is 25.4 Å². The van der Waals surface area contributed by atoms with Gasteiger partial charge in [0.1, 0.15) is 0 Å². The third-order valence-corrected chi connectivity index (χ3v) is 6.44. The van der Waals surface area contributed by atoms with Gasteiger partial charge in [-0.05, 0) is 40.2 Å². The Bertz CT molecular complexity index is 399. The highest BCUT2D eigenvalue weighted by atomic mass is 32.2. The second-order valence-electron chi connectivity index (χ2n) is 5.97. The highest BCUT2D eigenvalue weighted by Gasteiger charge is 2.30. The minimum absolute atomic E-state index is 0.209. The molecule has 0 aromatic heterocycles. The Morgan fingerprint density at radius 3 is 2.56 bits per heavy atom. The van der Waals surface area contributed by atoms with Gasteiger partial charge in [0.2, 0.25) is 0 Å². The van der Waals surface area contributed by atoms with Crippen molar-refractivity contribution in [2.24, 2.45) is 11.7 Å². The van der Waals surface area contributed by atoms with E-state index < -0.39 is 14.6 Å². The van der Waals surface area contributed by atoms with Crippen molar-refractivity contribution in [3.05, 3.63) is 0 Å². The lowest BCUT2D eigenvalue weighted by Crippen LogP contribution is -2.43. The van der Waals surface area contributed by atoms with Crippen LogP contribution in [-0.2, 0) is 9.84 Å². The second kappa shape index (κ2) is 5.84. The summed E-state index contributed by atoms with van der Waals surface area (Å²) in [6, 6.07) is 0. The van der Waals surface area contributed by atoms with Crippen LogP contribution >= 0.6 is 12.2 Å². The molecule has 0 spiro atoms. The topological polar surface area (TPSA) is 63.4 Å². The number of nitrogens with two attached hydrogens (primary N) is 1. The Kier molecular flexibility index (Phi) is 5.14. The molecule has 0 amide bonds. The van der Waals surface area contributed by atoms with Crippen molar-refractivity contribution in [1.29, 1.82) is 0 Å². The SMILES string of the molecule is CC(C)(C)S(=O)(=O)CCN1CCCC(C(N)=S)C1. The number of likely N-dealkylation sites (tertiary alicyclic amines) is 1. The summed E-state index contributed by atoms with van der Waals surface area (Å²) in [5.41, 5.74) is 5.67. The predicted molar refractivity (Wildman–Crippen MR) is 79.5 cm³/mol. The molecule has 0 aromatic carbocycles. The lowest BCUT2D eigenvalue weighted by Gasteiger charge is -2.32. The number of rotatable bonds is 4. The highest BCUT2D eigenvalue weighted by Crippen LogP contribution is 2.19. The maximum atomic E-state index is 12.0. The Balaban J connectivity index is 2.52. The van der Waals surface area contributed by atoms with Crippen LogP contribution in [0.2, 0.25) is 0 Å². The quantitative estimate of drug-likeness (QED) is 0.789. The van der Waals surface area contributed by atoms with E-state index in [-0.39, 0.29) is 11.7 Å². The summed E-state index contributed by atoms with van der Waals surface area (Å²) in [5, 5.41) is 0. The second-order valence-corrected chi connectivity index (χ2v) is 9.31.